The van der Waals surface area contributed by atoms with E-state index >= 15 is 0 Å². The molecule has 1 aromatic carbocycles. The van der Waals surface area contributed by atoms with Crippen LogP contribution in [0.4, 0.5) is 4.79 Å². The van der Waals surface area contributed by atoms with Gasteiger partial charge in [-0.2, -0.15) is 0 Å². The van der Waals surface area contributed by atoms with Crippen LogP contribution in [0.25, 0.3) is 10.4 Å². The standard InChI is InChI=1S/C35H47N5O7S/c1-20(2)30(28-17-29(38-47-28)45-26-12-14-39(15-13-26)34(44)46-35(5,6)7)33(43)40-18-25(41)16-27(40)32(42)37-21(3)23-8-10-24(11-9-23)31-22(4)36-19-48-31/h8-11,17,19-21,25-27,30,41H,12-16,18H2,1-7H3,(H,37,42)/t21-,25+,27-,30+/m0/s1. The Labute approximate surface area is 285 Å². The number of hydrogen-bond acceptors (Lipinski definition) is 10. The molecule has 0 bridgehead atoms. The third-order valence-corrected chi connectivity index (χ3v) is 9.75. The van der Waals surface area contributed by atoms with Crippen molar-refractivity contribution >= 4 is 29.2 Å². The summed E-state index contributed by atoms with van der Waals surface area (Å²) in [5.74, 6) is -0.952. The molecule has 2 fully saturated rings. The Hall–Kier alpha value is -3.97. The molecule has 0 spiro atoms. The first-order chi connectivity index (χ1) is 22.7. The summed E-state index contributed by atoms with van der Waals surface area (Å²) in [5, 5.41) is 17.7. The van der Waals surface area contributed by atoms with Gasteiger partial charge in [-0.25, -0.2) is 9.78 Å². The van der Waals surface area contributed by atoms with E-state index in [4.69, 9.17) is 14.0 Å². The normalized spacial score (nSPS) is 20.1. The molecule has 2 aromatic heterocycles. The number of benzene rings is 1. The fourth-order valence-electron chi connectivity index (χ4n) is 6.24. The Morgan fingerprint density at radius 1 is 1.10 bits per heavy atom. The number of hydrogen-bond donors (Lipinski definition) is 2. The number of carbonyl (C=O) groups is 3. The maximum atomic E-state index is 14.0. The van der Waals surface area contributed by atoms with Gasteiger partial charge in [0, 0.05) is 45.0 Å². The Morgan fingerprint density at radius 3 is 2.40 bits per heavy atom. The van der Waals surface area contributed by atoms with Gasteiger partial charge in [0.15, 0.2) is 5.76 Å². The van der Waals surface area contributed by atoms with Gasteiger partial charge in [-0.15, -0.1) is 11.3 Å². The number of nitrogens with zero attached hydrogens (tertiary/aromatic N) is 4. The number of β-amino-alcohol motifs (C(OH)–C–C–N with tert-alkyl or cyclic N) is 1. The lowest BCUT2D eigenvalue weighted by Crippen LogP contribution is -2.48. The van der Waals surface area contributed by atoms with E-state index in [-0.39, 0.29) is 54.8 Å². The molecular formula is C35H47N5O7S. The fraction of sp³-hybridized carbons (Fsp3) is 0.571. The number of aliphatic hydroxyl groups excluding tert-OH is 1. The highest BCUT2D eigenvalue weighted by Crippen LogP contribution is 2.34. The predicted molar refractivity (Wildman–Crippen MR) is 181 cm³/mol. The Kier molecular flexibility index (Phi) is 10.8. The smallest absolute Gasteiger partial charge is 0.410 e. The van der Waals surface area contributed by atoms with Crippen molar-refractivity contribution in [3.8, 4) is 16.3 Å². The zero-order valence-corrected chi connectivity index (χ0v) is 29.6. The highest BCUT2D eigenvalue weighted by Gasteiger charge is 2.43. The van der Waals surface area contributed by atoms with E-state index < -0.39 is 23.7 Å². The second-order valence-electron chi connectivity index (χ2n) is 14.1. The molecule has 48 heavy (non-hydrogen) atoms. The summed E-state index contributed by atoms with van der Waals surface area (Å²) < 4.78 is 17.2. The Balaban J connectivity index is 1.20. The van der Waals surface area contributed by atoms with Crippen LogP contribution in [-0.2, 0) is 14.3 Å². The number of piperidine rings is 1. The molecule has 0 aliphatic carbocycles. The highest BCUT2D eigenvalue weighted by atomic mass is 32.1. The van der Waals surface area contributed by atoms with Gasteiger partial charge in [-0.1, -0.05) is 38.1 Å². The largest absolute Gasteiger partial charge is 0.472 e. The van der Waals surface area contributed by atoms with Crippen molar-refractivity contribution in [2.45, 2.75) is 104 Å². The molecule has 2 N–H and O–H groups in total. The van der Waals surface area contributed by atoms with E-state index in [2.05, 4.69) is 15.5 Å². The Morgan fingerprint density at radius 2 is 1.79 bits per heavy atom. The summed E-state index contributed by atoms with van der Waals surface area (Å²) in [6, 6.07) is 8.48. The molecule has 260 valence electrons. The fourth-order valence-corrected chi connectivity index (χ4v) is 7.05. The molecule has 2 aliphatic heterocycles. The summed E-state index contributed by atoms with van der Waals surface area (Å²) >= 11 is 1.59. The molecule has 2 aliphatic rings. The number of aliphatic hydroxyl groups is 1. The molecule has 13 heteroatoms. The third-order valence-electron chi connectivity index (χ3n) is 8.77. The van der Waals surface area contributed by atoms with Crippen molar-refractivity contribution in [2.75, 3.05) is 19.6 Å². The zero-order chi connectivity index (χ0) is 34.7. The highest BCUT2D eigenvalue weighted by molar-refractivity contribution is 7.13. The molecular weight excluding hydrogens is 634 g/mol. The second kappa shape index (κ2) is 14.7. The van der Waals surface area contributed by atoms with E-state index in [0.29, 0.717) is 31.7 Å². The molecule has 12 nitrogen and oxygen atoms in total. The number of likely N-dealkylation sites (tertiary alicyclic amines) is 2. The van der Waals surface area contributed by atoms with Crippen molar-refractivity contribution in [1.29, 1.82) is 0 Å². The van der Waals surface area contributed by atoms with Crippen LogP contribution in [-0.4, -0.2) is 86.4 Å². The number of amides is 3. The summed E-state index contributed by atoms with van der Waals surface area (Å²) in [4.78, 5) is 48.6. The third kappa shape index (κ3) is 8.35. The number of rotatable bonds is 9. The molecule has 4 heterocycles. The topological polar surface area (TPSA) is 147 Å². The molecule has 0 radical (unpaired) electrons. The van der Waals surface area contributed by atoms with Gasteiger partial charge in [-0.3, -0.25) is 9.59 Å². The van der Waals surface area contributed by atoms with Crippen LogP contribution in [0.15, 0.2) is 40.4 Å². The zero-order valence-electron chi connectivity index (χ0n) is 28.8. The van der Waals surface area contributed by atoms with E-state index in [1.807, 2.05) is 78.2 Å². The first kappa shape index (κ1) is 35.3. The van der Waals surface area contributed by atoms with E-state index in [1.54, 1.807) is 22.3 Å². The van der Waals surface area contributed by atoms with Crippen molar-refractivity contribution < 1.29 is 33.5 Å². The minimum Gasteiger partial charge on any atom is -0.472 e. The van der Waals surface area contributed by atoms with Crippen LogP contribution < -0.4 is 10.1 Å². The van der Waals surface area contributed by atoms with Crippen molar-refractivity contribution in [1.82, 2.24) is 25.3 Å². The molecule has 3 amide bonds. The average molecular weight is 682 g/mol. The van der Waals surface area contributed by atoms with Gasteiger partial charge < -0.3 is 34.2 Å². The van der Waals surface area contributed by atoms with Crippen LogP contribution >= 0.6 is 11.3 Å². The van der Waals surface area contributed by atoms with Crippen LogP contribution in [0, 0.1) is 12.8 Å². The van der Waals surface area contributed by atoms with Crippen molar-refractivity contribution in [3.63, 3.8) is 0 Å². The van der Waals surface area contributed by atoms with Gasteiger partial charge in [0.1, 0.15) is 23.7 Å². The molecule has 0 unspecified atom stereocenters. The van der Waals surface area contributed by atoms with E-state index in [1.165, 1.54) is 4.90 Å². The molecule has 3 aromatic rings. The van der Waals surface area contributed by atoms with Crippen LogP contribution in [0.1, 0.15) is 89.8 Å². The minimum absolute atomic E-state index is 0.0468. The van der Waals surface area contributed by atoms with Gasteiger partial charge >= 0.3 is 6.09 Å². The minimum atomic E-state index is -0.830. The maximum Gasteiger partial charge on any atom is 0.410 e. The van der Waals surface area contributed by atoms with E-state index in [0.717, 1.165) is 21.7 Å². The van der Waals surface area contributed by atoms with Crippen molar-refractivity contribution in [2.24, 2.45) is 5.92 Å². The Bertz CT molecular complexity index is 1570. The van der Waals surface area contributed by atoms with Crippen molar-refractivity contribution in [3.05, 3.63) is 52.9 Å². The number of ether oxygens (including phenoxy) is 2. The lowest BCUT2D eigenvalue weighted by Gasteiger charge is -2.33. The second-order valence-corrected chi connectivity index (χ2v) is 14.9. The lowest BCUT2D eigenvalue weighted by atomic mass is 9.91. The molecule has 4 atom stereocenters. The summed E-state index contributed by atoms with van der Waals surface area (Å²) in [7, 11) is 0. The van der Waals surface area contributed by atoms with Gasteiger partial charge in [0.25, 0.3) is 5.88 Å². The number of thiazole rings is 1. The summed E-state index contributed by atoms with van der Waals surface area (Å²) in [5.41, 5.74) is 4.23. The number of nitrogens with one attached hydrogen (secondary N) is 1. The molecule has 0 saturated carbocycles. The monoisotopic (exact) mass is 681 g/mol. The van der Waals surface area contributed by atoms with Crippen LogP contribution in [0.5, 0.6) is 5.88 Å². The number of aryl methyl sites for hydroxylation is 1. The predicted octanol–water partition coefficient (Wildman–Crippen LogP) is 5.46. The maximum absolute atomic E-state index is 14.0. The quantitative estimate of drug-likeness (QED) is 0.300. The number of aromatic nitrogens is 2. The summed E-state index contributed by atoms with van der Waals surface area (Å²) in [6.45, 7) is 14.2. The SMILES string of the molecule is Cc1ncsc1-c1ccc([C@H](C)NC(=O)[C@@H]2C[C@@H](O)CN2C(=O)[C@@H](c2cc(OC3CCN(C(=O)OC(C)(C)C)CC3)no2)C(C)C)cc1. The lowest BCUT2D eigenvalue weighted by molar-refractivity contribution is -0.141. The first-order valence-corrected chi connectivity index (χ1v) is 17.5. The molecule has 2 saturated heterocycles. The summed E-state index contributed by atoms with van der Waals surface area (Å²) in [6.07, 6.45) is 0.00983. The first-order valence-electron chi connectivity index (χ1n) is 16.6. The average Bonchev–Trinajstić information content (AvgIpc) is 3.76. The van der Waals surface area contributed by atoms with Gasteiger partial charge in [0.05, 0.1) is 28.2 Å². The van der Waals surface area contributed by atoms with Crippen LogP contribution in [0.3, 0.4) is 0 Å². The van der Waals surface area contributed by atoms with E-state index in [9.17, 15) is 19.5 Å². The van der Waals surface area contributed by atoms with Gasteiger partial charge in [-0.05, 0) is 56.8 Å². The van der Waals surface area contributed by atoms with Crippen LogP contribution in [0.2, 0.25) is 0 Å². The molecule has 5 rings (SSSR count). The number of carbonyl (C=O) groups excluding carboxylic acids is 3. The van der Waals surface area contributed by atoms with Gasteiger partial charge in [0.2, 0.25) is 11.8 Å².